The van der Waals surface area contributed by atoms with E-state index in [0.717, 1.165) is 16.9 Å². The Morgan fingerprint density at radius 2 is 1.65 bits per heavy atom. The quantitative estimate of drug-likeness (QED) is 0.485. The molecule has 0 spiro atoms. The van der Waals surface area contributed by atoms with Gasteiger partial charge in [0.1, 0.15) is 0 Å². The van der Waals surface area contributed by atoms with Gasteiger partial charge in [-0.15, -0.1) is 0 Å². The third-order valence-electron chi connectivity index (χ3n) is 5.92. The normalized spacial score (nSPS) is 17.0. The molecule has 3 aromatic carbocycles. The summed E-state index contributed by atoms with van der Waals surface area (Å²) in [5.74, 6) is -0.295. The maximum Gasteiger partial charge on any atom is 0.409 e. The van der Waals surface area contributed by atoms with Gasteiger partial charge in [0.25, 0.3) is 5.91 Å². The zero-order valence-corrected chi connectivity index (χ0v) is 19.5. The van der Waals surface area contributed by atoms with E-state index in [9.17, 15) is 14.4 Å². The predicted octanol–water partition coefficient (Wildman–Crippen LogP) is 5.96. The Hall–Kier alpha value is -3.84. The summed E-state index contributed by atoms with van der Waals surface area (Å²) in [6.07, 6.45) is -0.622. The molecule has 174 valence electrons. The smallest absolute Gasteiger partial charge is 0.409 e. The van der Waals surface area contributed by atoms with Crippen LogP contribution in [0.2, 0.25) is 5.02 Å². The topological polar surface area (TPSA) is 90.0 Å². The van der Waals surface area contributed by atoms with Crippen molar-refractivity contribution in [2.24, 2.45) is 0 Å². The summed E-state index contributed by atoms with van der Waals surface area (Å²) in [6, 6.07) is 20.6. The number of anilines is 3. The van der Waals surface area contributed by atoms with E-state index in [1.165, 1.54) is 6.92 Å². The number of halogens is 1. The SMILES string of the molecule is CC(=O)N(c1ccc(Cl)cc1)C1CC(C)N(C(=O)c2ccc(NC(=O)O)cc2)c2ccccc21. The minimum Gasteiger partial charge on any atom is -0.465 e. The monoisotopic (exact) mass is 477 g/mol. The first-order valence-electron chi connectivity index (χ1n) is 10.8. The van der Waals surface area contributed by atoms with Crippen LogP contribution in [-0.2, 0) is 4.79 Å². The lowest BCUT2D eigenvalue weighted by molar-refractivity contribution is -0.117. The summed E-state index contributed by atoms with van der Waals surface area (Å²) in [4.78, 5) is 40.6. The number of hydrogen-bond acceptors (Lipinski definition) is 3. The van der Waals surface area contributed by atoms with Crippen LogP contribution in [0.5, 0.6) is 0 Å². The average molecular weight is 478 g/mol. The Morgan fingerprint density at radius 3 is 2.26 bits per heavy atom. The van der Waals surface area contributed by atoms with E-state index in [4.69, 9.17) is 16.7 Å². The molecule has 2 N–H and O–H groups in total. The van der Waals surface area contributed by atoms with Crippen LogP contribution in [0, 0.1) is 0 Å². The molecule has 3 aromatic rings. The van der Waals surface area contributed by atoms with Crippen LogP contribution in [0.4, 0.5) is 21.9 Å². The van der Waals surface area contributed by atoms with E-state index in [1.54, 1.807) is 46.2 Å². The molecular weight excluding hydrogens is 454 g/mol. The van der Waals surface area contributed by atoms with Gasteiger partial charge in [-0.25, -0.2) is 4.79 Å². The van der Waals surface area contributed by atoms with Gasteiger partial charge < -0.3 is 14.9 Å². The molecule has 7 nitrogen and oxygen atoms in total. The van der Waals surface area contributed by atoms with Crippen molar-refractivity contribution < 1.29 is 19.5 Å². The van der Waals surface area contributed by atoms with Gasteiger partial charge in [0.15, 0.2) is 0 Å². The molecule has 1 aliphatic heterocycles. The lowest BCUT2D eigenvalue weighted by atomic mass is 9.89. The Labute approximate surface area is 202 Å². The van der Waals surface area contributed by atoms with Gasteiger partial charge in [-0.05, 0) is 73.5 Å². The molecule has 3 amide bonds. The van der Waals surface area contributed by atoms with Crippen molar-refractivity contribution in [1.82, 2.24) is 0 Å². The van der Waals surface area contributed by atoms with Crippen LogP contribution in [0.1, 0.15) is 42.2 Å². The largest absolute Gasteiger partial charge is 0.465 e. The number of rotatable bonds is 4. The van der Waals surface area contributed by atoms with E-state index in [0.29, 0.717) is 22.7 Å². The number of nitrogens with zero attached hydrogens (tertiary/aromatic N) is 2. The number of benzene rings is 3. The van der Waals surface area contributed by atoms with E-state index < -0.39 is 6.09 Å². The molecule has 34 heavy (non-hydrogen) atoms. The Bertz CT molecular complexity index is 1230. The van der Waals surface area contributed by atoms with Crippen LogP contribution in [0.3, 0.4) is 0 Å². The fourth-order valence-corrected chi connectivity index (χ4v) is 4.60. The summed E-state index contributed by atoms with van der Waals surface area (Å²) in [5.41, 5.74) is 3.19. The summed E-state index contributed by atoms with van der Waals surface area (Å²) in [5, 5.41) is 11.7. The van der Waals surface area contributed by atoms with Crippen LogP contribution in [0.15, 0.2) is 72.8 Å². The maximum atomic E-state index is 13.5. The van der Waals surface area contributed by atoms with Gasteiger partial charge in [0.2, 0.25) is 5.91 Å². The highest BCUT2D eigenvalue weighted by Gasteiger charge is 2.38. The van der Waals surface area contributed by atoms with Crippen molar-refractivity contribution in [1.29, 1.82) is 0 Å². The summed E-state index contributed by atoms with van der Waals surface area (Å²) in [6.45, 7) is 3.49. The molecular formula is C26H24ClN3O4. The van der Waals surface area contributed by atoms with E-state index >= 15 is 0 Å². The second-order valence-electron chi connectivity index (χ2n) is 8.21. The Morgan fingerprint density at radius 1 is 1.00 bits per heavy atom. The molecule has 0 radical (unpaired) electrons. The van der Waals surface area contributed by atoms with Gasteiger partial charge in [-0.1, -0.05) is 29.8 Å². The number of amides is 3. The third kappa shape index (κ3) is 4.61. The van der Waals surface area contributed by atoms with Crippen LogP contribution in [-0.4, -0.2) is 29.1 Å². The number of carboxylic acid groups (broad SMARTS) is 1. The van der Waals surface area contributed by atoms with Crippen LogP contribution < -0.4 is 15.1 Å². The molecule has 1 heterocycles. The number of fused-ring (bicyclic) bond motifs is 1. The fourth-order valence-electron chi connectivity index (χ4n) is 4.48. The van der Waals surface area contributed by atoms with Crippen molar-refractivity contribution >= 4 is 46.6 Å². The molecule has 0 bridgehead atoms. The molecule has 0 aromatic heterocycles. The highest BCUT2D eigenvalue weighted by atomic mass is 35.5. The molecule has 2 unspecified atom stereocenters. The first kappa shape index (κ1) is 23.3. The second-order valence-corrected chi connectivity index (χ2v) is 8.64. The number of hydrogen-bond donors (Lipinski definition) is 2. The molecule has 8 heteroatoms. The molecule has 0 aliphatic carbocycles. The van der Waals surface area contributed by atoms with Gasteiger partial charge in [0.05, 0.1) is 6.04 Å². The first-order chi connectivity index (χ1) is 16.3. The first-order valence-corrected chi connectivity index (χ1v) is 11.2. The van der Waals surface area contributed by atoms with Crippen molar-refractivity contribution in [2.45, 2.75) is 32.4 Å². The highest BCUT2D eigenvalue weighted by Crippen LogP contribution is 2.42. The van der Waals surface area contributed by atoms with E-state index in [2.05, 4.69) is 5.32 Å². The molecule has 4 rings (SSSR count). The van der Waals surface area contributed by atoms with Crippen molar-refractivity contribution in [3.63, 3.8) is 0 Å². The highest BCUT2D eigenvalue weighted by molar-refractivity contribution is 6.30. The summed E-state index contributed by atoms with van der Waals surface area (Å²) < 4.78 is 0. The Kier molecular flexibility index (Phi) is 6.56. The van der Waals surface area contributed by atoms with E-state index in [1.807, 2.05) is 43.3 Å². The summed E-state index contributed by atoms with van der Waals surface area (Å²) in [7, 11) is 0. The second kappa shape index (κ2) is 9.57. The molecule has 1 aliphatic rings. The van der Waals surface area contributed by atoms with Crippen molar-refractivity contribution in [3.05, 3.63) is 88.9 Å². The van der Waals surface area contributed by atoms with Gasteiger partial charge in [-0.3, -0.25) is 14.9 Å². The van der Waals surface area contributed by atoms with Crippen molar-refractivity contribution in [2.75, 3.05) is 15.1 Å². The average Bonchev–Trinajstić information content (AvgIpc) is 2.80. The number of nitrogens with one attached hydrogen (secondary N) is 1. The van der Waals surface area contributed by atoms with Crippen LogP contribution in [0.25, 0.3) is 0 Å². The molecule has 2 atom stereocenters. The lowest BCUT2D eigenvalue weighted by Gasteiger charge is -2.43. The zero-order valence-electron chi connectivity index (χ0n) is 18.7. The maximum absolute atomic E-state index is 13.5. The summed E-state index contributed by atoms with van der Waals surface area (Å²) >= 11 is 6.05. The van der Waals surface area contributed by atoms with Crippen LogP contribution >= 0.6 is 11.6 Å². The molecule has 0 fully saturated rings. The zero-order chi connectivity index (χ0) is 24.4. The van der Waals surface area contributed by atoms with E-state index in [-0.39, 0.29) is 23.9 Å². The minimum atomic E-state index is -1.17. The van der Waals surface area contributed by atoms with Gasteiger partial charge in [0, 0.05) is 40.6 Å². The Balaban J connectivity index is 1.71. The fraction of sp³-hybridized carbons (Fsp3) is 0.192. The lowest BCUT2D eigenvalue weighted by Crippen LogP contribution is -2.47. The standard InChI is InChI=1S/C26H24ClN3O4/c1-16-15-24(30(17(2)31)21-13-9-19(27)10-14-21)22-5-3-4-6-23(22)29(16)25(32)18-7-11-20(12-8-18)28-26(33)34/h3-14,16,24,28H,15H2,1-2H3,(H,33,34). The molecule has 0 saturated heterocycles. The van der Waals surface area contributed by atoms with Gasteiger partial charge in [-0.2, -0.15) is 0 Å². The predicted molar refractivity (Wildman–Crippen MR) is 133 cm³/mol. The third-order valence-corrected chi connectivity index (χ3v) is 6.17. The number of para-hydroxylation sites is 1. The number of carbonyl (C=O) groups is 3. The number of carbonyl (C=O) groups excluding carboxylic acids is 2. The minimum absolute atomic E-state index is 0.101. The van der Waals surface area contributed by atoms with Crippen molar-refractivity contribution in [3.8, 4) is 0 Å². The molecule has 0 saturated carbocycles. The van der Waals surface area contributed by atoms with Gasteiger partial charge >= 0.3 is 6.09 Å².